The van der Waals surface area contributed by atoms with Gasteiger partial charge in [-0.05, 0) is 42.7 Å². The maximum Gasteiger partial charge on any atom is 0.226 e. The van der Waals surface area contributed by atoms with E-state index in [1.165, 1.54) is 0 Å². The average molecular weight is 354 g/mol. The fourth-order valence-corrected chi connectivity index (χ4v) is 3.00. The first-order chi connectivity index (χ1) is 12.5. The van der Waals surface area contributed by atoms with E-state index in [4.69, 9.17) is 0 Å². The molecule has 4 heteroatoms. The van der Waals surface area contributed by atoms with E-state index >= 15 is 0 Å². The molecule has 1 unspecified atom stereocenters. The zero-order valence-electron chi connectivity index (χ0n) is 16.1. The molecular formula is C22H30N2O2. The minimum absolute atomic E-state index is 0.0584. The Morgan fingerprint density at radius 1 is 1.04 bits per heavy atom. The second-order valence-corrected chi connectivity index (χ2v) is 6.81. The Morgan fingerprint density at radius 3 is 2.46 bits per heavy atom. The number of amides is 2. The van der Waals surface area contributed by atoms with Crippen LogP contribution in [0.1, 0.15) is 52.9 Å². The lowest BCUT2D eigenvalue weighted by Crippen LogP contribution is -2.40. The summed E-state index contributed by atoms with van der Waals surface area (Å²) in [6, 6.07) is 14.1. The lowest BCUT2D eigenvalue weighted by molar-refractivity contribution is -0.133. The van der Waals surface area contributed by atoms with Gasteiger partial charge in [0.25, 0.3) is 0 Å². The van der Waals surface area contributed by atoms with Crippen LogP contribution in [0.3, 0.4) is 0 Å². The van der Waals surface area contributed by atoms with Crippen molar-refractivity contribution in [3.8, 4) is 0 Å². The molecule has 0 fully saturated rings. The Bertz CT molecular complexity index is 742. The number of fused-ring (bicyclic) bond motifs is 1. The summed E-state index contributed by atoms with van der Waals surface area (Å²) in [6.45, 7) is 6.67. The number of nitrogens with zero attached hydrogens (tertiary/aromatic N) is 1. The summed E-state index contributed by atoms with van der Waals surface area (Å²) in [6.07, 6.45) is 3.67. The molecule has 0 aliphatic carbocycles. The van der Waals surface area contributed by atoms with E-state index in [0.29, 0.717) is 19.4 Å². The summed E-state index contributed by atoms with van der Waals surface area (Å²) in [5.41, 5.74) is 0.793. The summed E-state index contributed by atoms with van der Waals surface area (Å²) in [5, 5.41) is 5.20. The van der Waals surface area contributed by atoms with Gasteiger partial charge in [0.15, 0.2) is 0 Å². The molecule has 4 nitrogen and oxygen atoms in total. The van der Waals surface area contributed by atoms with Crippen molar-refractivity contribution >= 4 is 28.3 Å². The number of nitrogens with one attached hydrogen (secondary N) is 1. The Morgan fingerprint density at radius 2 is 1.77 bits per heavy atom. The summed E-state index contributed by atoms with van der Waals surface area (Å²) in [5.74, 6) is 0.0941. The van der Waals surface area contributed by atoms with Crippen molar-refractivity contribution in [1.82, 2.24) is 4.90 Å². The second-order valence-electron chi connectivity index (χ2n) is 6.81. The van der Waals surface area contributed by atoms with E-state index in [1.807, 2.05) is 54.3 Å². The third-order valence-corrected chi connectivity index (χ3v) is 4.80. The molecule has 0 aromatic heterocycles. The molecule has 0 saturated carbocycles. The molecule has 140 valence electrons. The summed E-state index contributed by atoms with van der Waals surface area (Å²) in [4.78, 5) is 26.6. The minimum atomic E-state index is -0.0584. The average Bonchev–Trinajstić information content (AvgIpc) is 2.66. The fraction of sp³-hybridized carbons (Fsp3) is 0.455. The zero-order chi connectivity index (χ0) is 18.9. The van der Waals surface area contributed by atoms with Crippen LogP contribution in [0.5, 0.6) is 0 Å². The number of carbonyl (C=O) groups is 2. The van der Waals surface area contributed by atoms with Crippen molar-refractivity contribution in [2.75, 3.05) is 11.9 Å². The van der Waals surface area contributed by atoms with Crippen LogP contribution in [0.2, 0.25) is 0 Å². The van der Waals surface area contributed by atoms with Gasteiger partial charge in [0.1, 0.15) is 0 Å². The molecule has 0 radical (unpaired) electrons. The normalized spacial score (nSPS) is 12.0. The first kappa shape index (κ1) is 20.0. The van der Waals surface area contributed by atoms with Gasteiger partial charge in [-0.2, -0.15) is 0 Å². The monoisotopic (exact) mass is 354 g/mol. The van der Waals surface area contributed by atoms with E-state index < -0.39 is 0 Å². The number of anilines is 1. The molecular weight excluding hydrogens is 324 g/mol. The molecule has 0 bridgehead atoms. The van der Waals surface area contributed by atoms with Gasteiger partial charge >= 0.3 is 0 Å². The van der Waals surface area contributed by atoms with Gasteiger partial charge in [-0.25, -0.2) is 0 Å². The predicted molar refractivity (Wildman–Crippen MR) is 108 cm³/mol. The smallest absolute Gasteiger partial charge is 0.226 e. The van der Waals surface area contributed by atoms with Crippen LogP contribution in [0.4, 0.5) is 5.69 Å². The highest BCUT2D eigenvalue weighted by atomic mass is 16.2. The first-order valence-corrected chi connectivity index (χ1v) is 9.63. The van der Waals surface area contributed by atoms with E-state index in [2.05, 4.69) is 19.2 Å². The standard InChI is InChI=1S/C22H30N2O2/c1-4-6-11-22(26)24(17(3)5-2)15-14-21(25)23-20-13-12-18-9-7-8-10-19(18)16-20/h7-10,12-13,16-17H,4-6,11,14-15H2,1-3H3,(H,23,25). The Kier molecular flexibility index (Phi) is 7.64. The van der Waals surface area contributed by atoms with Crippen LogP contribution >= 0.6 is 0 Å². The van der Waals surface area contributed by atoms with Crippen molar-refractivity contribution < 1.29 is 9.59 Å². The van der Waals surface area contributed by atoms with Crippen LogP contribution in [0.15, 0.2) is 42.5 Å². The van der Waals surface area contributed by atoms with Gasteiger partial charge in [-0.3, -0.25) is 9.59 Å². The third-order valence-electron chi connectivity index (χ3n) is 4.80. The van der Waals surface area contributed by atoms with Crippen molar-refractivity contribution in [3.63, 3.8) is 0 Å². The number of carbonyl (C=O) groups excluding carboxylic acids is 2. The van der Waals surface area contributed by atoms with Gasteiger partial charge in [0.2, 0.25) is 11.8 Å². The molecule has 26 heavy (non-hydrogen) atoms. The molecule has 0 saturated heterocycles. The SMILES string of the molecule is CCCCC(=O)N(CCC(=O)Nc1ccc2ccccc2c1)C(C)CC. The Hall–Kier alpha value is -2.36. The maximum absolute atomic E-state index is 12.4. The molecule has 0 aliphatic heterocycles. The quantitative estimate of drug-likeness (QED) is 0.690. The molecule has 0 aliphatic rings. The highest BCUT2D eigenvalue weighted by Crippen LogP contribution is 2.19. The van der Waals surface area contributed by atoms with E-state index in [9.17, 15) is 9.59 Å². The fourth-order valence-electron chi connectivity index (χ4n) is 3.00. The van der Waals surface area contributed by atoms with Gasteiger partial charge in [-0.15, -0.1) is 0 Å². The molecule has 1 N–H and O–H groups in total. The third kappa shape index (κ3) is 5.58. The molecule has 2 aromatic carbocycles. The van der Waals surface area contributed by atoms with E-state index in [-0.39, 0.29) is 17.9 Å². The Labute approximate surface area is 156 Å². The van der Waals surface area contributed by atoms with Crippen molar-refractivity contribution in [2.45, 2.75) is 58.9 Å². The van der Waals surface area contributed by atoms with Gasteiger partial charge in [0, 0.05) is 31.1 Å². The molecule has 2 rings (SSSR count). The molecule has 0 heterocycles. The molecule has 1 atom stereocenters. The lowest BCUT2D eigenvalue weighted by atomic mass is 10.1. The van der Waals surface area contributed by atoms with Crippen molar-refractivity contribution in [1.29, 1.82) is 0 Å². The number of rotatable bonds is 9. The van der Waals surface area contributed by atoms with Gasteiger partial charge in [0.05, 0.1) is 0 Å². The summed E-state index contributed by atoms with van der Waals surface area (Å²) >= 11 is 0. The first-order valence-electron chi connectivity index (χ1n) is 9.63. The summed E-state index contributed by atoms with van der Waals surface area (Å²) < 4.78 is 0. The van der Waals surface area contributed by atoms with E-state index in [1.54, 1.807) is 0 Å². The van der Waals surface area contributed by atoms with Crippen LogP contribution in [-0.4, -0.2) is 29.3 Å². The van der Waals surface area contributed by atoms with Gasteiger partial charge in [-0.1, -0.05) is 50.6 Å². The maximum atomic E-state index is 12.4. The summed E-state index contributed by atoms with van der Waals surface area (Å²) in [7, 11) is 0. The lowest BCUT2D eigenvalue weighted by Gasteiger charge is -2.28. The van der Waals surface area contributed by atoms with Crippen LogP contribution in [0.25, 0.3) is 10.8 Å². The molecule has 2 amide bonds. The Balaban J connectivity index is 1.94. The number of hydrogen-bond donors (Lipinski definition) is 1. The number of benzene rings is 2. The zero-order valence-corrected chi connectivity index (χ0v) is 16.1. The predicted octanol–water partition coefficient (Wildman–Crippen LogP) is 4.99. The van der Waals surface area contributed by atoms with Gasteiger partial charge < -0.3 is 10.2 Å². The van der Waals surface area contributed by atoms with E-state index in [0.717, 1.165) is 35.7 Å². The number of hydrogen-bond acceptors (Lipinski definition) is 2. The second kappa shape index (κ2) is 9.95. The topological polar surface area (TPSA) is 49.4 Å². The van der Waals surface area contributed by atoms with Crippen LogP contribution in [-0.2, 0) is 9.59 Å². The number of unbranched alkanes of at least 4 members (excludes halogenated alkanes) is 1. The highest BCUT2D eigenvalue weighted by Gasteiger charge is 2.19. The minimum Gasteiger partial charge on any atom is -0.339 e. The van der Waals surface area contributed by atoms with Crippen LogP contribution in [0, 0.1) is 0 Å². The van der Waals surface area contributed by atoms with Crippen molar-refractivity contribution in [3.05, 3.63) is 42.5 Å². The highest BCUT2D eigenvalue weighted by molar-refractivity contribution is 5.94. The molecule has 0 spiro atoms. The van der Waals surface area contributed by atoms with Crippen molar-refractivity contribution in [2.24, 2.45) is 0 Å². The van der Waals surface area contributed by atoms with Crippen LogP contribution < -0.4 is 5.32 Å². The molecule has 2 aromatic rings. The largest absolute Gasteiger partial charge is 0.339 e.